The molecule has 2 amide bonds. The monoisotopic (exact) mass is 272 g/mol. The zero-order valence-corrected chi connectivity index (χ0v) is 12.0. The summed E-state index contributed by atoms with van der Waals surface area (Å²) in [5.41, 5.74) is 3.00. The summed E-state index contributed by atoms with van der Waals surface area (Å²) in [7, 11) is 0. The van der Waals surface area contributed by atoms with Crippen LogP contribution in [0.25, 0.3) is 0 Å². The van der Waals surface area contributed by atoms with E-state index in [0.29, 0.717) is 12.8 Å². The highest BCUT2D eigenvalue weighted by atomic mass is 16.2. The van der Waals surface area contributed by atoms with E-state index in [2.05, 4.69) is 5.32 Å². The lowest BCUT2D eigenvalue weighted by molar-refractivity contribution is -0.132. The molecule has 1 N–H and O–H groups in total. The molecule has 0 aliphatic carbocycles. The first-order chi connectivity index (χ1) is 9.46. The van der Waals surface area contributed by atoms with E-state index in [1.54, 1.807) is 0 Å². The van der Waals surface area contributed by atoms with E-state index in [4.69, 9.17) is 0 Å². The topological polar surface area (TPSA) is 49.4 Å². The zero-order valence-electron chi connectivity index (χ0n) is 12.0. The summed E-state index contributed by atoms with van der Waals surface area (Å²) in [6.07, 6.45) is 1.85. The Bertz CT molecular complexity index is 558. The summed E-state index contributed by atoms with van der Waals surface area (Å²) < 4.78 is 0. The van der Waals surface area contributed by atoms with Crippen molar-refractivity contribution in [1.29, 1.82) is 0 Å². The number of benzene rings is 1. The minimum Gasteiger partial charge on any atom is -0.312 e. The highest BCUT2D eigenvalue weighted by Gasteiger charge is 2.38. The standard InChI is InChI=1S/C16H20N2O2/c1-16(2)8-14(19)18(15(20)9-16)13-4-3-11-5-6-17-10-12(11)7-13/h3-4,7,17H,5-6,8-10H2,1-2H3. The van der Waals surface area contributed by atoms with Gasteiger partial charge < -0.3 is 5.32 Å². The van der Waals surface area contributed by atoms with Crippen LogP contribution in [-0.4, -0.2) is 18.4 Å². The van der Waals surface area contributed by atoms with Crippen LogP contribution in [0.1, 0.15) is 37.8 Å². The molecule has 1 fully saturated rings. The highest BCUT2D eigenvalue weighted by Crippen LogP contribution is 2.34. The Morgan fingerprint density at radius 1 is 1.10 bits per heavy atom. The fraction of sp³-hybridized carbons (Fsp3) is 0.500. The van der Waals surface area contributed by atoms with Crippen molar-refractivity contribution >= 4 is 17.5 Å². The number of hydrogen-bond donors (Lipinski definition) is 1. The number of hydrogen-bond acceptors (Lipinski definition) is 3. The molecule has 1 aromatic rings. The highest BCUT2D eigenvalue weighted by molar-refractivity contribution is 6.16. The lowest BCUT2D eigenvalue weighted by Gasteiger charge is -2.35. The van der Waals surface area contributed by atoms with E-state index in [-0.39, 0.29) is 17.2 Å². The van der Waals surface area contributed by atoms with E-state index in [1.807, 2.05) is 32.0 Å². The second kappa shape index (κ2) is 4.70. The Morgan fingerprint density at radius 2 is 1.80 bits per heavy atom. The molecule has 0 bridgehead atoms. The summed E-state index contributed by atoms with van der Waals surface area (Å²) in [5, 5.41) is 3.32. The van der Waals surface area contributed by atoms with Crippen molar-refractivity contribution < 1.29 is 9.59 Å². The number of carbonyl (C=O) groups is 2. The summed E-state index contributed by atoms with van der Waals surface area (Å²) in [6, 6.07) is 5.93. The van der Waals surface area contributed by atoms with E-state index in [1.165, 1.54) is 16.0 Å². The molecule has 0 radical (unpaired) electrons. The molecule has 2 heterocycles. The summed E-state index contributed by atoms with van der Waals surface area (Å²) in [5.74, 6) is -0.176. The molecule has 4 heteroatoms. The molecule has 106 valence electrons. The molecule has 2 aliphatic heterocycles. The van der Waals surface area contributed by atoms with Crippen LogP contribution in [0.2, 0.25) is 0 Å². The van der Waals surface area contributed by atoms with E-state index in [9.17, 15) is 9.59 Å². The lowest BCUT2D eigenvalue weighted by Crippen LogP contribution is -2.46. The third-order valence-corrected chi connectivity index (χ3v) is 4.09. The van der Waals surface area contributed by atoms with E-state index < -0.39 is 0 Å². The van der Waals surface area contributed by atoms with Crippen molar-refractivity contribution in [3.05, 3.63) is 29.3 Å². The molecule has 3 rings (SSSR count). The number of nitrogens with one attached hydrogen (secondary N) is 1. The van der Waals surface area contributed by atoms with Gasteiger partial charge in [0.05, 0.1) is 5.69 Å². The van der Waals surface area contributed by atoms with Gasteiger partial charge in [-0.05, 0) is 41.6 Å². The summed E-state index contributed by atoms with van der Waals surface area (Å²) >= 11 is 0. The van der Waals surface area contributed by atoms with Crippen molar-refractivity contribution in [3.8, 4) is 0 Å². The molecule has 0 atom stereocenters. The number of fused-ring (bicyclic) bond motifs is 1. The number of imide groups is 1. The first-order valence-electron chi connectivity index (χ1n) is 7.15. The Balaban J connectivity index is 1.93. The fourth-order valence-corrected chi connectivity index (χ4v) is 3.07. The molecule has 2 aliphatic rings. The molecule has 0 aromatic heterocycles. The van der Waals surface area contributed by atoms with Gasteiger partial charge in [-0.25, -0.2) is 0 Å². The molecule has 4 nitrogen and oxygen atoms in total. The molecule has 0 spiro atoms. The first kappa shape index (κ1) is 13.3. The molecular formula is C16H20N2O2. The van der Waals surface area contributed by atoms with Crippen molar-refractivity contribution in [2.24, 2.45) is 5.41 Å². The minimum atomic E-state index is -0.222. The Labute approximate surface area is 119 Å². The Hall–Kier alpha value is -1.68. The molecule has 1 saturated heterocycles. The second-order valence-electron chi connectivity index (χ2n) is 6.52. The number of rotatable bonds is 1. The van der Waals surface area contributed by atoms with Gasteiger partial charge in [-0.15, -0.1) is 0 Å². The van der Waals surface area contributed by atoms with Crippen LogP contribution in [0.5, 0.6) is 0 Å². The Morgan fingerprint density at radius 3 is 2.50 bits per heavy atom. The van der Waals surface area contributed by atoms with Gasteiger partial charge in [0.25, 0.3) is 0 Å². The molecule has 20 heavy (non-hydrogen) atoms. The first-order valence-corrected chi connectivity index (χ1v) is 7.15. The SMILES string of the molecule is CC1(C)CC(=O)N(c2ccc3c(c2)CNCC3)C(=O)C1. The van der Waals surface area contributed by atoms with Crippen LogP contribution in [0.15, 0.2) is 18.2 Å². The van der Waals surface area contributed by atoms with Gasteiger partial charge >= 0.3 is 0 Å². The zero-order chi connectivity index (χ0) is 14.3. The average molecular weight is 272 g/mol. The molecule has 0 saturated carbocycles. The fourth-order valence-electron chi connectivity index (χ4n) is 3.07. The molecule has 1 aromatic carbocycles. The summed E-state index contributed by atoms with van der Waals surface area (Å²) in [6.45, 7) is 5.74. The van der Waals surface area contributed by atoms with Crippen LogP contribution in [0.4, 0.5) is 5.69 Å². The smallest absolute Gasteiger partial charge is 0.234 e. The number of anilines is 1. The van der Waals surface area contributed by atoms with Crippen molar-refractivity contribution in [2.75, 3.05) is 11.4 Å². The maximum Gasteiger partial charge on any atom is 0.234 e. The lowest BCUT2D eigenvalue weighted by atomic mass is 9.81. The number of amides is 2. The average Bonchev–Trinajstić information content (AvgIpc) is 2.36. The van der Waals surface area contributed by atoms with Crippen LogP contribution >= 0.6 is 0 Å². The minimum absolute atomic E-state index is 0.0880. The van der Waals surface area contributed by atoms with Crippen LogP contribution < -0.4 is 10.2 Å². The third kappa shape index (κ3) is 2.36. The normalized spacial score (nSPS) is 21.8. The largest absolute Gasteiger partial charge is 0.312 e. The molecular weight excluding hydrogens is 252 g/mol. The van der Waals surface area contributed by atoms with Crippen molar-refractivity contribution in [2.45, 2.75) is 39.7 Å². The van der Waals surface area contributed by atoms with Crippen LogP contribution in [0.3, 0.4) is 0 Å². The van der Waals surface area contributed by atoms with Gasteiger partial charge in [-0.3, -0.25) is 14.5 Å². The van der Waals surface area contributed by atoms with Crippen LogP contribution in [-0.2, 0) is 22.6 Å². The van der Waals surface area contributed by atoms with E-state index >= 15 is 0 Å². The summed E-state index contributed by atoms with van der Waals surface area (Å²) in [4.78, 5) is 25.9. The van der Waals surface area contributed by atoms with Gasteiger partial charge in [0, 0.05) is 19.4 Å². The van der Waals surface area contributed by atoms with E-state index in [0.717, 1.165) is 25.2 Å². The Kier molecular flexibility index (Phi) is 3.13. The quantitative estimate of drug-likeness (QED) is 0.796. The third-order valence-electron chi connectivity index (χ3n) is 4.09. The maximum atomic E-state index is 12.3. The maximum absolute atomic E-state index is 12.3. The van der Waals surface area contributed by atoms with Gasteiger partial charge in [0.15, 0.2) is 0 Å². The van der Waals surface area contributed by atoms with Crippen LogP contribution in [0, 0.1) is 5.41 Å². The van der Waals surface area contributed by atoms with Crippen molar-refractivity contribution in [3.63, 3.8) is 0 Å². The van der Waals surface area contributed by atoms with Gasteiger partial charge in [0.2, 0.25) is 11.8 Å². The number of piperidine rings is 1. The predicted octanol–water partition coefficient (Wildman–Crippen LogP) is 2.01. The van der Waals surface area contributed by atoms with Gasteiger partial charge in [0.1, 0.15) is 0 Å². The number of carbonyl (C=O) groups excluding carboxylic acids is 2. The molecule has 0 unspecified atom stereocenters. The van der Waals surface area contributed by atoms with Gasteiger partial charge in [-0.2, -0.15) is 0 Å². The van der Waals surface area contributed by atoms with Gasteiger partial charge in [-0.1, -0.05) is 19.9 Å². The van der Waals surface area contributed by atoms with Crippen molar-refractivity contribution in [1.82, 2.24) is 5.32 Å². The second-order valence-corrected chi connectivity index (χ2v) is 6.52. The number of nitrogens with zero attached hydrogens (tertiary/aromatic N) is 1. The predicted molar refractivity (Wildman–Crippen MR) is 77.4 cm³/mol.